The number of fused-ring (bicyclic) bond motifs is 3. The van der Waals surface area contributed by atoms with Crippen LogP contribution in [0.25, 0.3) is 22.6 Å². The number of anilines is 1. The molecule has 3 heterocycles. The molecular weight excluding hydrogens is 460 g/mol. The number of H-pyrrole nitrogens is 1. The molecule has 9 heteroatoms. The van der Waals surface area contributed by atoms with Crippen LogP contribution in [-0.2, 0) is 4.79 Å². The first kappa shape index (κ1) is 21.5. The molecule has 1 unspecified atom stereocenters. The summed E-state index contributed by atoms with van der Waals surface area (Å²) in [6, 6.07) is 16.6. The number of aromatic nitrogens is 3. The highest BCUT2D eigenvalue weighted by atomic mass is 35.5. The first-order chi connectivity index (χ1) is 15.9. The number of nitrogens with one attached hydrogen (secondary N) is 1. The van der Waals surface area contributed by atoms with Crippen LogP contribution in [0.15, 0.2) is 69.0 Å². The van der Waals surface area contributed by atoms with Gasteiger partial charge in [-0.25, -0.2) is 4.90 Å². The summed E-state index contributed by atoms with van der Waals surface area (Å²) in [4.78, 5) is 30.4. The van der Waals surface area contributed by atoms with Crippen molar-refractivity contribution in [2.45, 2.75) is 25.2 Å². The van der Waals surface area contributed by atoms with Crippen molar-refractivity contribution in [2.24, 2.45) is 0 Å². The molecule has 1 aliphatic heterocycles. The van der Waals surface area contributed by atoms with Crippen molar-refractivity contribution < 1.29 is 13.9 Å². The Kier molecular flexibility index (Phi) is 5.34. The van der Waals surface area contributed by atoms with E-state index in [0.29, 0.717) is 38.6 Å². The highest BCUT2D eigenvalue weighted by molar-refractivity contribution is 7.98. The summed E-state index contributed by atoms with van der Waals surface area (Å²) in [5.41, 5.74) is 3.11. The Bertz CT molecular complexity index is 1460. The second kappa shape index (κ2) is 8.20. The summed E-state index contributed by atoms with van der Waals surface area (Å²) >= 11 is 7.62. The molecule has 5 rings (SSSR count). The first-order valence-corrected chi connectivity index (χ1v) is 11.8. The van der Waals surface area contributed by atoms with Gasteiger partial charge in [0.15, 0.2) is 5.76 Å². The summed E-state index contributed by atoms with van der Waals surface area (Å²) in [5.74, 6) is 0.879. The third kappa shape index (κ3) is 3.55. The number of aryl methyl sites for hydroxylation is 1. The van der Waals surface area contributed by atoms with E-state index in [1.54, 1.807) is 15.6 Å². The molecule has 1 aliphatic rings. The third-order valence-corrected chi connectivity index (χ3v) is 6.61. The molecule has 0 radical (unpaired) electrons. The lowest BCUT2D eigenvalue weighted by molar-refractivity contribution is -0.764. The average molecular weight is 480 g/mol. The van der Waals surface area contributed by atoms with E-state index in [0.717, 1.165) is 11.1 Å². The molecule has 1 amide bonds. The maximum absolute atomic E-state index is 13.1. The molecule has 0 aliphatic carbocycles. The van der Waals surface area contributed by atoms with E-state index in [9.17, 15) is 9.59 Å². The van der Waals surface area contributed by atoms with Gasteiger partial charge in [0.1, 0.15) is 5.76 Å². The van der Waals surface area contributed by atoms with Crippen LogP contribution in [0, 0.1) is 6.92 Å². The van der Waals surface area contributed by atoms with Gasteiger partial charge in [-0.15, -0.1) is 0 Å². The Morgan fingerprint density at radius 2 is 2.00 bits per heavy atom. The summed E-state index contributed by atoms with van der Waals surface area (Å²) in [5, 5.41) is 5.72. The number of furan rings is 1. The maximum Gasteiger partial charge on any atom is 0.325 e. The van der Waals surface area contributed by atoms with Crippen molar-refractivity contribution >= 4 is 35.0 Å². The second-order valence-electron chi connectivity index (χ2n) is 7.70. The van der Waals surface area contributed by atoms with E-state index in [-0.39, 0.29) is 11.5 Å². The van der Waals surface area contributed by atoms with Crippen molar-refractivity contribution in [3.63, 3.8) is 0 Å². The predicted molar refractivity (Wildman–Crippen MR) is 127 cm³/mol. The van der Waals surface area contributed by atoms with Crippen LogP contribution in [0.3, 0.4) is 0 Å². The molecule has 166 valence electrons. The number of rotatable bonds is 3. The summed E-state index contributed by atoms with van der Waals surface area (Å²) in [6.45, 7) is 3.42. The van der Waals surface area contributed by atoms with Gasteiger partial charge in [-0.3, -0.25) is 14.6 Å². The molecule has 0 fully saturated rings. The lowest BCUT2D eigenvalue weighted by Gasteiger charge is -2.29. The van der Waals surface area contributed by atoms with E-state index < -0.39 is 6.17 Å². The van der Waals surface area contributed by atoms with Gasteiger partial charge >= 0.3 is 17.4 Å². The Hall–Kier alpha value is -3.36. The van der Waals surface area contributed by atoms with Crippen LogP contribution < -0.4 is 15.1 Å². The van der Waals surface area contributed by atoms with Crippen LogP contribution >= 0.6 is 23.4 Å². The Morgan fingerprint density at radius 3 is 2.73 bits per heavy atom. The topological polar surface area (TPSA) is 83.1 Å². The van der Waals surface area contributed by atoms with Gasteiger partial charge < -0.3 is 4.42 Å². The maximum atomic E-state index is 13.1. The Morgan fingerprint density at radius 1 is 1.21 bits per heavy atom. The number of thioether (sulfide) groups is 1. The molecule has 0 bridgehead atoms. The molecule has 4 aromatic rings. The number of hydrogen-bond acceptors (Lipinski definition) is 5. The smallest absolute Gasteiger partial charge is 0.325 e. The van der Waals surface area contributed by atoms with Crippen molar-refractivity contribution in [1.82, 2.24) is 10.1 Å². The molecular formula is C24H20ClN4O3S+. The normalized spacial score (nSPS) is 14.7. The quantitative estimate of drug-likeness (QED) is 0.343. The average Bonchev–Trinajstić information content (AvgIpc) is 3.29. The van der Waals surface area contributed by atoms with Crippen LogP contribution in [-0.4, -0.2) is 22.2 Å². The minimum atomic E-state index is -0.768. The number of nitrogens with zero attached hydrogens (tertiary/aromatic N) is 3. The van der Waals surface area contributed by atoms with Crippen molar-refractivity contribution in [1.29, 1.82) is 0 Å². The minimum Gasteiger partial charge on any atom is -0.452 e. The van der Waals surface area contributed by atoms with E-state index in [1.165, 1.54) is 18.7 Å². The van der Waals surface area contributed by atoms with Crippen molar-refractivity contribution in [3.8, 4) is 22.6 Å². The van der Waals surface area contributed by atoms with Crippen LogP contribution in [0.2, 0.25) is 5.02 Å². The van der Waals surface area contributed by atoms with Crippen LogP contribution in [0.5, 0.6) is 0 Å². The molecule has 7 nitrogen and oxygen atoms in total. The zero-order chi connectivity index (χ0) is 23.3. The lowest BCUT2D eigenvalue weighted by atomic mass is 10.0. The van der Waals surface area contributed by atoms with Gasteiger partial charge in [-0.05, 0) is 53.8 Å². The van der Waals surface area contributed by atoms with Gasteiger partial charge in [-0.1, -0.05) is 47.6 Å². The summed E-state index contributed by atoms with van der Waals surface area (Å²) in [6.07, 6.45) is 1.06. The third-order valence-electron chi connectivity index (χ3n) is 5.63. The van der Waals surface area contributed by atoms with Crippen LogP contribution in [0.1, 0.15) is 24.4 Å². The van der Waals surface area contributed by atoms with Crippen molar-refractivity contribution in [2.75, 3.05) is 11.2 Å². The molecule has 33 heavy (non-hydrogen) atoms. The number of carbonyl (C=O) groups is 1. The SMILES string of the molecule is CSc1n[n+]2c(c(=O)[nH]1)-c1ccccc1N(C(C)=O)C2c1ccc(-c2ccc(C)c(Cl)c2)o1. The van der Waals surface area contributed by atoms with Gasteiger partial charge in [0, 0.05) is 22.6 Å². The Labute approximate surface area is 199 Å². The highest BCUT2D eigenvalue weighted by Gasteiger charge is 2.46. The number of para-hydroxylation sites is 1. The zero-order valence-corrected chi connectivity index (χ0v) is 19.7. The summed E-state index contributed by atoms with van der Waals surface area (Å²) < 4.78 is 7.81. The van der Waals surface area contributed by atoms with E-state index in [1.807, 2.05) is 61.7 Å². The molecule has 0 saturated heterocycles. The minimum absolute atomic E-state index is 0.199. The number of hydrogen-bond donors (Lipinski definition) is 1. The monoisotopic (exact) mass is 479 g/mol. The van der Waals surface area contributed by atoms with E-state index in [4.69, 9.17) is 16.0 Å². The highest BCUT2D eigenvalue weighted by Crippen LogP contribution is 2.38. The summed E-state index contributed by atoms with van der Waals surface area (Å²) in [7, 11) is 0. The first-order valence-electron chi connectivity index (χ1n) is 10.2. The number of benzene rings is 2. The number of carbonyl (C=O) groups excluding carboxylic acids is 1. The molecule has 0 spiro atoms. The second-order valence-corrected chi connectivity index (χ2v) is 8.90. The van der Waals surface area contributed by atoms with Gasteiger partial charge in [0.25, 0.3) is 0 Å². The van der Waals surface area contributed by atoms with Gasteiger partial charge in [0.05, 0.1) is 11.3 Å². The van der Waals surface area contributed by atoms with E-state index in [2.05, 4.69) is 10.1 Å². The molecule has 1 N–H and O–H groups in total. The molecule has 2 aromatic carbocycles. The molecule has 0 saturated carbocycles. The zero-order valence-electron chi connectivity index (χ0n) is 18.1. The predicted octanol–water partition coefficient (Wildman–Crippen LogP) is 4.58. The number of aromatic amines is 1. The van der Waals surface area contributed by atoms with E-state index >= 15 is 0 Å². The largest absolute Gasteiger partial charge is 0.452 e. The fraction of sp³-hybridized carbons (Fsp3) is 0.167. The molecule has 2 aromatic heterocycles. The fourth-order valence-corrected chi connectivity index (χ4v) is 4.60. The fourth-order valence-electron chi connectivity index (χ4n) is 4.06. The lowest BCUT2D eigenvalue weighted by Crippen LogP contribution is -2.60. The molecule has 1 atom stereocenters. The number of halogens is 1. The van der Waals surface area contributed by atoms with Crippen molar-refractivity contribution in [3.05, 3.63) is 81.3 Å². The Balaban J connectivity index is 1.74. The standard InChI is InChI=1S/C24H19ClN4O3S/c1-13-8-9-15(12-17(13)25)19-10-11-20(32-19)23-28(14(2)30)18-7-5-4-6-16(18)21-22(31)26-24(33-3)27-29(21)23/h4-12,23H,1-3H3/p+1. The van der Waals surface area contributed by atoms with Crippen LogP contribution in [0.4, 0.5) is 5.69 Å². The van der Waals surface area contributed by atoms with Gasteiger partial charge in [0.2, 0.25) is 11.1 Å². The number of amides is 1. The van der Waals surface area contributed by atoms with Gasteiger partial charge in [-0.2, -0.15) is 0 Å².